The first kappa shape index (κ1) is 19.3. The van der Waals surface area contributed by atoms with Gasteiger partial charge in [0.05, 0.1) is 21.1 Å². The first-order valence-corrected chi connectivity index (χ1v) is 9.70. The second-order valence-corrected chi connectivity index (χ2v) is 7.98. The molecule has 1 aromatic carbocycles. The van der Waals surface area contributed by atoms with E-state index in [1.165, 1.54) is 23.5 Å². The molecule has 0 aliphatic heterocycles. The van der Waals surface area contributed by atoms with Crippen molar-refractivity contribution in [2.75, 3.05) is 5.32 Å². The molecule has 1 aromatic heterocycles. The summed E-state index contributed by atoms with van der Waals surface area (Å²) in [6.07, 6.45) is 3.62. The van der Waals surface area contributed by atoms with Crippen molar-refractivity contribution >= 4 is 45.4 Å². The molecular weight excluding hydrogens is 390 g/mol. The Bertz CT molecular complexity index is 941. The maximum Gasteiger partial charge on any atom is 0.270 e. The Labute approximate surface area is 164 Å². The molecule has 1 heterocycles. The highest BCUT2D eigenvalue weighted by molar-refractivity contribution is 7.17. The van der Waals surface area contributed by atoms with Crippen LogP contribution >= 0.6 is 22.9 Å². The van der Waals surface area contributed by atoms with Crippen LogP contribution < -0.4 is 11.1 Å². The third kappa shape index (κ3) is 3.81. The lowest BCUT2D eigenvalue weighted by atomic mass is 9.85. The molecule has 7 nitrogen and oxygen atoms in total. The molecule has 0 saturated carbocycles. The Hall–Kier alpha value is -2.45. The van der Waals surface area contributed by atoms with Crippen molar-refractivity contribution in [2.24, 2.45) is 11.7 Å². The molecule has 0 saturated heterocycles. The summed E-state index contributed by atoms with van der Waals surface area (Å²) in [5.41, 5.74) is 6.52. The molecule has 2 aromatic rings. The van der Waals surface area contributed by atoms with E-state index in [0.717, 1.165) is 42.2 Å². The number of carbonyl (C=O) groups excluding carboxylic acids is 2. The number of rotatable bonds is 5. The molecule has 0 radical (unpaired) electrons. The number of benzene rings is 1. The van der Waals surface area contributed by atoms with Crippen LogP contribution in [0, 0.1) is 16.0 Å². The van der Waals surface area contributed by atoms with Crippen LogP contribution in [0.25, 0.3) is 0 Å². The number of nitro benzene ring substituents is 1. The molecule has 1 aliphatic rings. The highest BCUT2D eigenvalue weighted by Gasteiger charge is 2.28. The minimum Gasteiger partial charge on any atom is -0.365 e. The van der Waals surface area contributed by atoms with Crippen molar-refractivity contribution in [2.45, 2.75) is 32.6 Å². The zero-order valence-electron chi connectivity index (χ0n) is 14.6. The lowest BCUT2D eigenvalue weighted by Crippen LogP contribution is -2.20. The number of halogens is 1. The molecule has 3 N–H and O–H groups in total. The van der Waals surface area contributed by atoms with Gasteiger partial charge in [-0.25, -0.2) is 0 Å². The third-order valence-electron chi connectivity index (χ3n) is 4.82. The van der Waals surface area contributed by atoms with Crippen molar-refractivity contribution in [1.82, 2.24) is 0 Å². The molecule has 3 rings (SSSR count). The lowest BCUT2D eigenvalue weighted by Gasteiger charge is -2.20. The predicted molar refractivity (Wildman–Crippen MR) is 105 cm³/mol. The molecule has 1 atom stereocenters. The van der Waals surface area contributed by atoms with Crippen LogP contribution in [0.2, 0.25) is 5.02 Å². The highest BCUT2D eigenvalue weighted by atomic mass is 35.5. The number of carbonyl (C=O) groups is 2. The van der Waals surface area contributed by atoms with Crippen LogP contribution in [0.3, 0.4) is 0 Å². The van der Waals surface area contributed by atoms with Crippen LogP contribution in [0.5, 0.6) is 0 Å². The van der Waals surface area contributed by atoms with Gasteiger partial charge in [0, 0.05) is 17.0 Å². The number of nitrogens with two attached hydrogens (primary N) is 1. The van der Waals surface area contributed by atoms with E-state index in [9.17, 15) is 19.7 Å². The fourth-order valence-corrected chi connectivity index (χ4v) is 4.89. The summed E-state index contributed by atoms with van der Waals surface area (Å²) in [7, 11) is 0. The molecule has 1 aliphatic carbocycles. The maximum atomic E-state index is 12.7. The number of fused-ring (bicyclic) bond motifs is 1. The van der Waals surface area contributed by atoms with Gasteiger partial charge in [-0.2, -0.15) is 0 Å². The van der Waals surface area contributed by atoms with Gasteiger partial charge in [0.2, 0.25) is 0 Å². The second-order valence-electron chi connectivity index (χ2n) is 6.46. The standard InChI is InChI=1S/C18H18ClN3O4S/c1-2-9-3-5-11-14(7-9)27-18(15(11)16(20)23)21-17(24)12-8-10(22(25)26)4-6-13(12)19/h4,6,8-9H,2-3,5,7H2,1H3,(H2,20,23)(H,21,24)/t9-/m1/s1. The Morgan fingerprint density at radius 2 is 2.19 bits per heavy atom. The second kappa shape index (κ2) is 7.66. The van der Waals surface area contributed by atoms with Gasteiger partial charge < -0.3 is 11.1 Å². The fraction of sp³-hybridized carbons (Fsp3) is 0.333. The fourth-order valence-electron chi connectivity index (χ4n) is 3.32. The molecule has 2 amide bonds. The van der Waals surface area contributed by atoms with Crippen LogP contribution in [0.1, 0.15) is 50.9 Å². The Morgan fingerprint density at radius 3 is 2.81 bits per heavy atom. The molecule has 0 bridgehead atoms. The van der Waals surface area contributed by atoms with Crippen molar-refractivity contribution < 1.29 is 14.5 Å². The van der Waals surface area contributed by atoms with Gasteiger partial charge in [-0.05, 0) is 36.8 Å². The van der Waals surface area contributed by atoms with E-state index in [0.29, 0.717) is 16.5 Å². The number of nitro groups is 1. The van der Waals surface area contributed by atoms with Crippen LogP contribution in [-0.2, 0) is 12.8 Å². The number of anilines is 1. The smallest absolute Gasteiger partial charge is 0.270 e. The summed E-state index contributed by atoms with van der Waals surface area (Å²) >= 11 is 7.37. The topological polar surface area (TPSA) is 115 Å². The Balaban J connectivity index is 1.95. The van der Waals surface area contributed by atoms with Gasteiger partial charge in [-0.3, -0.25) is 19.7 Å². The zero-order chi connectivity index (χ0) is 19.7. The van der Waals surface area contributed by atoms with Gasteiger partial charge >= 0.3 is 0 Å². The summed E-state index contributed by atoms with van der Waals surface area (Å²) in [5.74, 6) is -0.661. The van der Waals surface area contributed by atoms with Crippen molar-refractivity contribution in [3.63, 3.8) is 0 Å². The van der Waals surface area contributed by atoms with Crippen molar-refractivity contribution in [3.05, 3.63) is 54.9 Å². The Kier molecular flexibility index (Phi) is 5.48. The molecule has 0 unspecified atom stereocenters. The van der Waals surface area contributed by atoms with Gasteiger partial charge in [0.25, 0.3) is 17.5 Å². The average Bonchev–Trinajstić information content (AvgIpc) is 2.98. The normalized spacial score (nSPS) is 15.9. The first-order chi connectivity index (χ1) is 12.8. The number of primary amides is 1. The quantitative estimate of drug-likeness (QED) is 0.571. The van der Waals surface area contributed by atoms with E-state index in [2.05, 4.69) is 12.2 Å². The van der Waals surface area contributed by atoms with E-state index >= 15 is 0 Å². The van der Waals surface area contributed by atoms with E-state index in [1.807, 2.05) is 0 Å². The van der Waals surface area contributed by atoms with E-state index in [1.54, 1.807) is 0 Å². The van der Waals surface area contributed by atoms with Crippen LogP contribution in [0.15, 0.2) is 18.2 Å². The number of non-ortho nitro benzene ring substituents is 1. The van der Waals surface area contributed by atoms with Gasteiger partial charge in [0.15, 0.2) is 0 Å². The lowest BCUT2D eigenvalue weighted by molar-refractivity contribution is -0.384. The minimum atomic E-state index is -0.614. The number of nitrogens with zero attached hydrogens (tertiary/aromatic N) is 1. The van der Waals surface area contributed by atoms with Gasteiger partial charge in [-0.15, -0.1) is 11.3 Å². The summed E-state index contributed by atoms with van der Waals surface area (Å²) in [6, 6.07) is 3.64. The zero-order valence-corrected chi connectivity index (χ0v) is 16.2. The van der Waals surface area contributed by atoms with Crippen LogP contribution in [0.4, 0.5) is 10.7 Å². The number of hydrogen-bond donors (Lipinski definition) is 2. The molecule has 142 valence electrons. The third-order valence-corrected chi connectivity index (χ3v) is 6.32. The summed E-state index contributed by atoms with van der Waals surface area (Å²) < 4.78 is 0. The van der Waals surface area contributed by atoms with Gasteiger partial charge in [-0.1, -0.05) is 24.9 Å². The molecular formula is C18H18ClN3O4S. The molecule has 0 spiro atoms. The molecule has 27 heavy (non-hydrogen) atoms. The predicted octanol–water partition coefficient (Wildman–Crippen LogP) is 4.18. The summed E-state index contributed by atoms with van der Waals surface area (Å²) in [6.45, 7) is 2.13. The molecule has 9 heteroatoms. The van der Waals surface area contributed by atoms with Crippen LogP contribution in [-0.4, -0.2) is 16.7 Å². The monoisotopic (exact) mass is 407 g/mol. The number of amides is 2. The number of thiophene rings is 1. The van der Waals surface area contributed by atoms with E-state index in [-0.39, 0.29) is 16.3 Å². The summed E-state index contributed by atoms with van der Waals surface area (Å²) in [4.78, 5) is 36.1. The number of nitrogens with one attached hydrogen (secondary N) is 1. The molecule has 0 fully saturated rings. The Morgan fingerprint density at radius 1 is 1.44 bits per heavy atom. The summed E-state index contributed by atoms with van der Waals surface area (Å²) in [5, 5.41) is 14.1. The average molecular weight is 408 g/mol. The first-order valence-electron chi connectivity index (χ1n) is 8.51. The maximum absolute atomic E-state index is 12.7. The van der Waals surface area contributed by atoms with Crippen molar-refractivity contribution in [1.29, 1.82) is 0 Å². The van der Waals surface area contributed by atoms with Gasteiger partial charge in [0.1, 0.15) is 5.00 Å². The number of hydrogen-bond acceptors (Lipinski definition) is 5. The minimum absolute atomic E-state index is 0.0286. The van der Waals surface area contributed by atoms with Crippen molar-refractivity contribution in [3.8, 4) is 0 Å². The highest BCUT2D eigenvalue weighted by Crippen LogP contribution is 2.40. The van der Waals surface area contributed by atoms with E-state index < -0.39 is 16.7 Å². The SMILES string of the molecule is CC[C@@H]1CCc2c(sc(NC(=O)c3cc([N+](=O)[O-])ccc3Cl)c2C(N)=O)C1. The largest absolute Gasteiger partial charge is 0.365 e. The van der Waals surface area contributed by atoms with E-state index in [4.69, 9.17) is 17.3 Å².